The molecule has 0 unspecified atom stereocenters. The van der Waals surface area contributed by atoms with Crippen LogP contribution < -0.4 is 10.00 Å². The number of methoxy groups -OCH3 is 1. The SMILES string of the molecule is COc1ccccc1C1(C#[NH+])CCN(C2CCCCCC2)CC1. The van der Waals surface area contributed by atoms with E-state index >= 15 is 0 Å². The fourth-order valence-electron chi connectivity index (χ4n) is 4.40. The van der Waals surface area contributed by atoms with Crippen molar-refractivity contribution < 1.29 is 10.00 Å². The molecule has 0 atom stereocenters. The molecule has 1 aromatic carbocycles. The molecule has 2 aliphatic rings. The molecule has 1 aliphatic carbocycles. The minimum Gasteiger partial charge on any atom is -0.496 e. The average molecular weight is 313 g/mol. The van der Waals surface area contributed by atoms with Gasteiger partial charge in [-0.15, -0.1) is 5.26 Å². The van der Waals surface area contributed by atoms with Crippen molar-refractivity contribution in [2.75, 3.05) is 20.2 Å². The first-order chi connectivity index (χ1) is 11.3. The number of para-hydroxylation sites is 1. The molecule has 1 saturated carbocycles. The second kappa shape index (κ2) is 7.36. The van der Waals surface area contributed by atoms with E-state index in [1.807, 2.05) is 12.1 Å². The van der Waals surface area contributed by atoms with Crippen LogP contribution in [-0.2, 0) is 5.41 Å². The monoisotopic (exact) mass is 313 g/mol. The molecule has 1 aliphatic heterocycles. The van der Waals surface area contributed by atoms with Crippen molar-refractivity contribution in [1.29, 1.82) is 0 Å². The number of hydrogen-bond donors (Lipinski definition) is 1. The van der Waals surface area contributed by atoms with E-state index in [-0.39, 0.29) is 5.41 Å². The van der Waals surface area contributed by atoms with Gasteiger partial charge < -0.3 is 9.64 Å². The molecule has 3 rings (SSSR count). The van der Waals surface area contributed by atoms with Crippen LogP contribution in [0.5, 0.6) is 5.75 Å². The van der Waals surface area contributed by atoms with E-state index in [4.69, 9.17) is 10.00 Å². The molecule has 0 radical (unpaired) electrons. The Balaban J connectivity index is 1.73. The lowest BCUT2D eigenvalue weighted by Gasteiger charge is -2.40. The number of hydrogen-bond acceptors (Lipinski definition) is 2. The number of nitrogens with one attached hydrogen (secondary N) is 1. The number of rotatable bonds is 3. The van der Waals surface area contributed by atoms with Crippen LogP contribution in [0.25, 0.3) is 0 Å². The third-order valence-electron chi connectivity index (χ3n) is 5.85. The van der Waals surface area contributed by atoms with Gasteiger partial charge in [0.1, 0.15) is 11.2 Å². The van der Waals surface area contributed by atoms with Crippen LogP contribution in [0.15, 0.2) is 24.3 Å². The highest BCUT2D eigenvalue weighted by Gasteiger charge is 2.42. The molecule has 0 amide bonds. The first-order valence-electron chi connectivity index (χ1n) is 9.10. The Morgan fingerprint density at radius 1 is 1.09 bits per heavy atom. The summed E-state index contributed by atoms with van der Waals surface area (Å²) in [6, 6.07) is 11.8. The summed E-state index contributed by atoms with van der Waals surface area (Å²) in [6.45, 7) is 2.16. The zero-order valence-electron chi connectivity index (χ0n) is 14.3. The summed E-state index contributed by atoms with van der Waals surface area (Å²) in [6.07, 6.45) is 10.3. The Kier molecular flexibility index (Phi) is 5.23. The molecule has 3 nitrogen and oxygen atoms in total. The van der Waals surface area contributed by atoms with Crippen molar-refractivity contribution in [3.8, 4) is 11.8 Å². The third-order valence-corrected chi connectivity index (χ3v) is 5.85. The molecule has 2 fully saturated rings. The number of likely N-dealkylation sites (tertiary alicyclic amines) is 1. The molecule has 1 aromatic rings. The summed E-state index contributed by atoms with van der Waals surface area (Å²) in [5.74, 6) is 0.898. The van der Waals surface area contributed by atoms with Crippen LogP contribution in [0.1, 0.15) is 56.9 Å². The largest absolute Gasteiger partial charge is 0.496 e. The molecule has 1 N–H and O–H groups in total. The van der Waals surface area contributed by atoms with Gasteiger partial charge in [-0.2, -0.15) is 0 Å². The van der Waals surface area contributed by atoms with E-state index in [1.54, 1.807) is 7.11 Å². The van der Waals surface area contributed by atoms with Crippen LogP contribution in [0, 0.1) is 6.07 Å². The molecule has 23 heavy (non-hydrogen) atoms. The van der Waals surface area contributed by atoms with Gasteiger partial charge in [-0.25, -0.2) is 0 Å². The van der Waals surface area contributed by atoms with Crippen molar-refractivity contribution >= 4 is 0 Å². The highest BCUT2D eigenvalue weighted by molar-refractivity contribution is 5.44. The zero-order valence-corrected chi connectivity index (χ0v) is 14.3. The highest BCUT2D eigenvalue weighted by Crippen LogP contribution is 2.40. The maximum absolute atomic E-state index is 7.98. The quantitative estimate of drug-likeness (QED) is 0.871. The first kappa shape index (κ1) is 16.3. The molecule has 0 spiro atoms. The molecule has 3 heteroatoms. The normalized spacial score (nSPS) is 23.0. The van der Waals surface area contributed by atoms with E-state index in [1.165, 1.54) is 38.5 Å². The van der Waals surface area contributed by atoms with Gasteiger partial charge in [-0.3, -0.25) is 0 Å². The number of ether oxygens (including phenoxy) is 1. The van der Waals surface area contributed by atoms with Gasteiger partial charge in [0.25, 0.3) is 6.07 Å². The molecular weight excluding hydrogens is 284 g/mol. The van der Waals surface area contributed by atoms with Crippen LogP contribution in [-0.4, -0.2) is 31.1 Å². The third kappa shape index (κ3) is 3.38. The van der Waals surface area contributed by atoms with Crippen LogP contribution in [0.4, 0.5) is 0 Å². The van der Waals surface area contributed by atoms with Gasteiger partial charge >= 0.3 is 0 Å². The van der Waals surface area contributed by atoms with Crippen molar-refractivity contribution in [1.82, 2.24) is 4.90 Å². The number of nitrogens with zero attached hydrogens (tertiary/aromatic N) is 1. The van der Waals surface area contributed by atoms with E-state index in [2.05, 4.69) is 23.1 Å². The second-order valence-corrected chi connectivity index (χ2v) is 7.09. The van der Waals surface area contributed by atoms with Gasteiger partial charge in [0.15, 0.2) is 0 Å². The van der Waals surface area contributed by atoms with Crippen LogP contribution in [0.3, 0.4) is 0 Å². The molecule has 1 heterocycles. The zero-order chi connectivity index (χ0) is 16.1. The van der Waals surface area contributed by atoms with Crippen molar-refractivity contribution in [2.24, 2.45) is 0 Å². The lowest BCUT2D eigenvalue weighted by atomic mass is 9.73. The topological polar surface area (TPSA) is 36.3 Å². The van der Waals surface area contributed by atoms with Gasteiger partial charge in [-0.1, -0.05) is 43.9 Å². The molecule has 0 aromatic heterocycles. The predicted molar refractivity (Wildman–Crippen MR) is 91.8 cm³/mol. The van der Waals surface area contributed by atoms with E-state index in [0.29, 0.717) is 0 Å². The summed E-state index contributed by atoms with van der Waals surface area (Å²) < 4.78 is 5.55. The van der Waals surface area contributed by atoms with Gasteiger partial charge in [0.05, 0.1) is 7.11 Å². The molecule has 0 bridgehead atoms. The fourth-order valence-corrected chi connectivity index (χ4v) is 4.40. The average Bonchev–Trinajstić information content (AvgIpc) is 2.91. The van der Waals surface area contributed by atoms with Crippen LogP contribution in [0.2, 0.25) is 0 Å². The minimum absolute atomic E-state index is 0.270. The number of piperidine rings is 1. The van der Waals surface area contributed by atoms with Gasteiger partial charge in [0.2, 0.25) is 0 Å². The summed E-state index contributed by atoms with van der Waals surface area (Å²) in [5.41, 5.74) is 0.867. The summed E-state index contributed by atoms with van der Waals surface area (Å²) in [5, 5.41) is 7.98. The predicted octanol–water partition coefficient (Wildman–Crippen LogP) is 2.52. The van der Waals surface area contributed by atoms with Crippen LogP contribution >= 0.6 is 0 Å². The van der Waals surface area contributed by atoms with Crippen molar-refractivity contribution in [3.63, 3.8) is 0 Å². The standard InChI is InChI=1S/C20H28N2O/c1-23-19-11-7-6-10-18(19)20(16-21)12-14-22(15-13-20)17-8-4-2-3-5-9-17/h6-7,10-11,17H,2-5,8-9,12-15H2,1H3/p+1. The Labute approximate surface area is 140 Å². The highest BCUT2D eigenvalue weighted by atomic mass is 16.5. The fraction of sp³-hybridized carbons (Fsp3) is 0.650. The van der Waals surface area contributed by atoms with Gasteiger partial charge in [-0.05, 0) is 31.7 Å². The first-order valence-corrected chi connectivity index (χ1v) is 9.10. The lowest BCUT2D eigenvalue weighted by Crippen LogP contribution is -2.48. The second-order valence-electron chi connectivity index (χ2n) is 7.09. The summed E-state index contributed by atoms with van der Waals surface area (Å²) in [7, 11) is 1.72. The van der Waals surface area contributed by atoms with Crippen molar-refractivity contribution in [2.45, 2.75) is 62.8 Å². The maximum Gasteiger partial charge on any atom is 0.282 e. The molecule has 124 valence electrons. The Bertz CT molecular complexity index is 547. The molecular formula is C20H29N2O+. The Hall–Kier alpha value is -1.53. The Morgan fingerprint density at radius 3 is 2.35 bits per heavy atom. The van der Waals surface area contributed by atoms with Gasteiger partial charge in [0, 0.05) is 24.7 Å². The minimum atomic E-state index is -0.270. The molecule has 1 saturated heterocycles. The lowest BCUT2D eigenvalue weighted by molar-refractivity contribution is -0.103. The smallest absolute Gasteiger partial charge is 0.282 e. The van der Waals surface area contributed by atoms with E-state index < -0.39 is 0 Å². The van der Waals surface area contributed by atoms with E-state index in [0.717, 1.165) is 43.3 Å². The van der Waals surface area contributed by atoms with E-state index in [9.17, 15) is 0 Å². The van der Waals surface area contributed by atoms with Crippen molar-refractivity contribution in [3.05, 3.63) is 29.8 Å². The summed E-state index contributed by atoms with van der Waals surface area (Å²) >= 11 is 0. The summed E-state index contributed by atoms with van der Waals surface area (Å²) in [4.78, 5) is 2.68. The Morgan fingerprint density at radius 2 is 1.74 bits per heavy atom. The number of benzene rings is 1. The maximum atomic E-state index is 7.98.